The minimum atomic E-state index is -0.0280. The van der Waals surface area contributed by atoms with Crippen molar-refractivity contribution in [1.82, 2.24) is 15.3 Å². The predicted octanol–water partition coefficient (Wildman–Crippen LogP) is 1.44. The molecule has 0 spiro atoms. The molecule has 5 nitrogen and oxygen atoms in total. The van der Waals surface area contributed by atoms with E-state index in [9.17, 15) is 4.79 Å². The van der Waals surface area contributed by atoms with E-state index in [-0.39, 0.29) is 5.91 Å². The molecule has 18 heavy (non-hydrogen) atoms. The highest BCUT2D eigenvalue weighted by atomic mass is 32.1. The maximum Gasteiger partial charge on any atom is 0.226 e. The van der Waals surface area contributed by atoms with Gasteiger partial charge in [-0.15, -0.1) is 11.3 Å². The summed E-state index contributed by atoms with van der Waals surface area (Å²) in [5, 5.41) is 8.51. The number of hydrogen-bond donors (Lipinski definition) is 2. The van der Waals surface area contributed by atoms with Crippen molar-refractivity contribution in [3.8, 4) is 0 Å². The Hall–Kier alpha value is -1.95. The molecule has 0 aliphatic rings. The van der Waals surface area contributed by atoms with Crippen molar-refractivity contribution < 1.29 is 4.79 Å². The summed E-state index contributed by atoms with van der Waals surface area (Å²) >= 11 is 1.50. The van der Waals surface area contributed by atoms with E-state index in [1.165, 1.54) is 11.3 Å². The van der Waals surface area contributed by atoms with Gasteiger partial charge >= 0.3 is 0 Å². The SMILES string of the molecule is CNc1nc(CC(=O)NCc2ccncc2)cs1. The Morgan fingerprint density at radius 2 is 2.17 bits per heavy atom. The molecular weight excluding hydrogens is 248 g/mol. The number of pyridine rings is 1. The number of carbonyl (C=O) groups excluding carboxylic acids is 1. The lowest BCUT2D eigenvalue weighted by Gasteiger charge is -2.03. The van der Waals surface area contributed by atoms with Crippen LogP contribution in [0.5, 0.6) is 0 Å². The van der Waals surface area contributed by atoms with Crippen LogP contribution in [0.1, 0.15) is 11.3 Å². The molecule has 0 saturated heterocycles. The van der Waals surface area contributed by atoms with Crippen LogP contribution in [0.2, 0.25) is 0 Å². The summed E-state index contributed by atoms with van der Waals surface area (Å²) in [6.45, 7) is 0.518. The van der Waals surface area contributed by atoms with Crippen molar-refractivity contribution in [2.24, 2.45) is 0 Å². The van der Waals surface area contributed by atoms with E-state index >= 15 is 0 Å². The van der Waals surface area contributed by atoms with Gasteiger partial charge in [0.05, 0.1) is 12.1 Å². The minimum absolute atomic E-state index is 0.0280. The standard InChI is InChI=1S/C12H14N4OS/c1-13-12-16-10(8-18-12)6-11(17)15-7-9-2-4-14-5-3-9/h2-5,8H,6-7H2,1H3,(H,13,16)(H,15,17). The fourth-order valence-electron chi connectivity index (χ4n) is 1.43. The zero-order valence-corrected chi connectivity index (χ0v) is 10.8. The van der Waals surface area contributed by atoms with Crippen molar-refractivity contribution in [3.05, 3.63) is 41.2 Å². The van der Waals surface area contributed by atoms with E-state index in [1.807, 2.05) is 24.6 Å². The fourth-order valence-corrected chi connectivity index (χ4v) is 2.10. The number of hydrogen-bond acceptors (Lipinski definition) is 5. The summed E-state index contributed by atoms with van der Waals surface area (Å²) in [5.74, 6) is -0.0280. The second-order valence-corrected chi connectivity index (χ2v) is 4.56. The van der Waals surface area contributed by atoms with Gasteiger partial charge in [0.1, 0.15) is 0 Å². The number of rotatable bonds is 5. The van der Waals surface area contributed by atoms with Crippen molar-refractivity contribution in [3.63, 3.8) is 0 Å². The van der Waals surface area contributed by atoms with Gasteiger partial charge in [-0.3, -0.25) is 9.78 Å². The Kier molecular flexibility index (Phi) is 4.25. The first-order valence-corrected chi connectivity index (χ1v) is 6.43. The van der Waals surface area contributed by atoms with Crippen LogP contribution in [0.15, 0.2) is 29.9 Å². The summed E-state index contributed by atoms with van der Waals surface area (Å²) in [6, 6.07) is 3.75. The van der Waals surface area contributed by atoms with Crippen LogP contribution in [0.4, 0.5) is 5.13 Å². The van der Waals surface area contributed by atoms with Crippen LogP contribution in [0.25, 0.3) is 0 Å². The summed E-state index contributed by atoms with van der Waals surface area (Å²) in [7, 11) is 1.81. The van der Waals surface area contributed by atoms with E-state index in [0.717, 1.165) is 16.4 Å². The first-order chi connectivity index (χ1) is 8.78. The molecule has 0 radical (unpaired) electrons. The second kappa shape index (κ2) is 6.11. The number of thiazole rings is 1. The van der Waals surface area contributed by atoms with E-state index in [4.69, 9.17) is 0 Å². The van der Waals surface area contributed by atoms with Gasteiger partial charge in [-0.25, -0.2) is 4.98 Å². The molecule has 2 aromatic heterocycles. The van der Waals surface area contributed by atoms with Crippen LogP contribution in [-0.4, -0.2) is 22.9 Å². The molecule has 6 heteroatoms. The topological polar surface area (TPSA) is 66.9 Å². The summed E-state index contributed by atoms with van der Waals surface area (Å²) in [6.07, 6.45) is 3.73. The molecule has 1 amide bonds. The molecule has 0 aromatic carbocycles. The van der Waals surface area contributed by atoms with E-state index in [0.29, 0.717) is 13.0 Å². The van der Waals surface area contributed by atoms with E-state index in [1.54, 1.807) is 12.4 Å². The number of nitrogens with one attached hydrogen (secondary N) is 2. The second-order valence-electron chi connectivity index (χ2n) is 3.70. The molecule has 94 valence electrons. The lowest BCUT2D eigenvalue weighted by atomic mass is 10.2. The van der Waals surface area contributed by atoms with Gasteiger partial charge < -0.3 is 10.6 Å². The Labute approximate surface area is 109 Å². The lowest BCUT2D eigenvalue weighted by molar-refractivity contribution is -0.120. The highest BCUT2D eigenvalue weighted by Gasteiger charge is 2.06. The first-order valence-electron chi connectivity index (χ1n) is 5.55. The number of carbonyl (C=O) groups is 1. The Morgan fingerprint density at radius 3 is 2.83 bits per heavy atom. The summed E-state index contributed by atoms with van der Waals surface area (Å²) < 4.78 is 0. The Balaban J connectivity index is 1.82. The van der Waals surface area contributed by atoms with Gasteiger partial charge in [0.15, 0.2) is 5.13 Å². The van der Waals surface area contributed by atoms with E-state index < -0.39 is 0 Å². The van der Waals surface area contributed by atoms with E-state index in [2.05, 4.69) is 20.6 Å². The molecule has 0 bridgehead atoms. The average molecular weight is 262 g/mol. The zero-order chi connectivity index (χ0) is 12.8. The quantitative estimate of drug-likeness (QED) is 0.855. The fraction of sp³-hybridized carbons (Fsp3) is 0.250. The normalized spacial score (nSPS) is 10.1. The molecule has 2 heterocycles. The van der Waals surface area contributed by atoms with Crippen LogP contribution in [0, 0.1) is 0 Å². The molecule has 0 aliphatic heterocycles. The summed E-state index contributed by atoms with van der Waals surface area (Å²) in [5.41, 5.74) is 1.82. The van der Waals surface area contributed by atoms with Crippen molar-refractivity contribution in [1.29, 1.82) is 0 Å². The minimum Gasteiger partial charge on any atom is -0.365 e. The third kappa shape index (κ3) is 3.53. The zero-order valence-electron chi connectivity index (χ0n) is 10.0. The number of aromatic nitrogens is 2. The maximum atomic E-state index is 11.7. The molecular formula is C12H14N4OS. The van der Waals surface area contributed by atoms with Crippen LogP contribution < -0.4 is 10.6 Å². The Bertz CT molecular complexity index is 512. The van der Waals surface area contributed by atoms with Crippen LogP contribution in [-0.2, 0) is 17.8 Å². The predicted molar refractivity (Wildman–Crippen MR) is 71.4 cm³/mol. The largest absolute Gasteiger partial charge is 0.365 e. The number of anilines is 1. The van der Waals surface area contributed by atoms with Gasteiger partial charge in [0, 0.05) is 31.4 Å². The Morgan fingerprint density at radius 1 is 1.39 bits per heavy atom. The third-order valence-electron chi connectivity index (χ3n) is 2.35. The molecule has 0 atom stereocenters. The molecule has 0 fully saturated rings. The molecule has 0 unspecified atom stereocenters. The molecule has 2 aromatic rings. The smallest absolute Gasteiger partial charge is 0.226 e. The number of amides is 1. The van der Waals surface area contributed by atoms with Crippen molar-refractivity contribution >= 4 is 22.4 Å². The highest BCUT2D eigenvalue weighted by molar-refractivity contribution is 7.13. The van der Waals surface area contributed by atoms with Crippen molar-refractivity contribution in [2.75, 3.05) is 12.4 Å². The van der Waals surface area contributed by atoms with Crippen molar-refractivity contribution in [2.45, 2.75) is 13.0 Å². The highest BCUT2D eigenvalue weighted by Crippen LogP contribution is 2.14. The molecule has 2 rings (SSSR count). The van der Waals surface area contributed by atoms with Crippen LogP contribution in [0.3, 0.4) is 0 Å². The third-order valence-corrected chi connectivity index (χ3v) is 3.25. The van der Waals surface area contributed by atoms with Crippen LogP contribution >= 0.6 is 11.3 Å². The maximum absolute atomic E-state index is 11.7. The monoisotopic (exact) mass is 262 g/mol. The van der Waals surface area contributed by atoms with Gasteiger partial charge in [-0.05, 0) is 17.7 Å². The molecule has 0 aliphatic carbocycles. The van der Waals surface area contributed by atoms with Gasteiger partial charge in [-0.1, -0.05) is 0 Å². The van der Waals surface area contributed by atoms with Gasteiger partial charge in [0.25, 0.3) is 0 Å². The summed E-state index contributed by atoms with van der Waals surface area (Å²) in [4.78, 5) is 19.9. The lowest BCUT2D eigenvalue weighted by Crippen LogP contribution is -2.24. The first kappa shape index (κ1) is 12.5. The van der Waals surface area contributed by atoms with Gasteiger partial charge in [0.2, 0.25) is 5.91 Å². The molecule has 2 N–H and O–H groups in total. The molecule has 0 saturated carbocycles. The van der Waals surface area contributed by atoms with Gasteiger partial charge in [-0.2, -0.15) is 0 Å². The number of nitrogens with zero attached hydrogens (tertiary/aromatic N) is 2. The average Bonchev–Trinajstić information content (AvgIpc) is 2.85.